The van der Waals surface area contributed by atoms with Crippen LogP contribution in [0.1, 0.15) is 6.42 Å². The standard InChI is InChI=1S/C14H17N3O4S/c1-20-11-5-3-6-12(21-2)14(11)22(18,19)17-10-4-9-16-13(17)7-8-15-16/h3,5-8H,4,9-10H2,1-2H3. The highest BCUT2D eigenvalue weighted by Gasteiger charge is 2.34. The molecule has 8 heteroatoms. The molecule has 0 fully saturated rings. The fourth-order valence-corrected chi connectivity index (χ4v) is 4.42. The predicted octanol–water partition coefficient (Wildman–Crippen LogP) is 1.50. The number of hydrogen-bond acceptors (Lipinski definition) is 5. The van der Waals surface area contributed by atoms with Gasteiger partial charge in [-0.15, -0.1) is 0 Å². The number of ether oxygens (including phenoxy) is 2. The van der Waals surface area contributed by atoms with Crippen molar-refractivity contribution in [3.63, 3.8) is 0 Å². The van der Waals surface area contributed by atoms with Crippen molar-refractivity contribution in [2.75, 3.05) is 25.1 Å². The van der Waals surface area contributed by atoms with Crippen LogP contribution in [-0.2, 0) is 16.6 Å². The summed E-state index contributed by atoms with van der Waals surface area (Å²) in [5.41, 5.74) is 0. The monoisotopic (exact) mass is 323 g/mol. The van der Waals surface area contributed by atoms with E-state index in [2.05, 4.69) is 5.10 Å². The number of anilines is 1. The average Bonchev–Trinajstić information content (AvgIpc) is 3.02. The quantitative estimate of drug-likeness (QED) is 0.852. The first-order chi connectivity index (χ1) is 10.6. The van der Waals surface area contributed by atoms with E-state index in [1.807, 2.05) is 0 Å². The van der Waals surface area contributed by atoms with Crippen LogP contribution in [0.15, 0.2) is 35.4 Å². The summed E-state index contributed by atoms with van der Waals surface area (Å²) in [6, 6.07) is 6.60. The number of aromatic nitrogens is 2. The molecule has 0 spiro atoms. The fraction of sp³-hybridized carbons (Fsp3) is 0.357. The van der Waals surface area contributed by atoms with E-state index in [1.54, 1.807) is 35.1 Å². The molecule has 0 bridgehead atoms. The molecule has 0 amide bonds. The molecule has 0 atom stereocenters. The molecule has 0 N–H and O–H groups in total. The Morgan fingerprint density at radius 1 is 1.09 bits per heavy atom. The first kappa shape index (κ1) is 14.7. The summed E-state index contributed by atoms with van der Waals surface area (Å²) in [7, 11) is -0.931. The van der Waals surface area contributed by atoms with Crippen LogP contribution in [0.2, 0.25) is 0 Å². The van der Waals surface area contributed by atoms with E-state index in [0.29, 0.717) is 25.3 Å². The van der Waals surface area contributed by atoms with Crippen molar-refractivity contribution < 1.29 is 17.9 Å². The minimum atomic E-state index is -3.81. The molecule has 1 aliphatic rings. The molecule has 1 aromatic heterocycles. The third kappa shape index (κ3) is 2.19. The number of fused-ring (bicyclic) bond motifs is 1. The Morgan fingerprint density at radius 2 is 1.77 bits per heavy atom. The van der Waals surface area contributed by atoms with E-state index in [9.17, 15) is 8.42 Å². The second kappa shape index (κ2) is 5.53. The molecule has 118 valence electrons. The largest absolute Gasteiger partial charge is 0.495 e. The molecule has 2 heterocycles. The van der Waals surface area contributed by atoms with Gasteiger partial charge in [0.2, 0.25) is 0 Å². The summed E-state index contributed by atoms with van der Waals surface area (Å²) in [4.78, 5) is 0.0367. The van der Waals surface area contributed by atoms with Crippen LogP contribution >= 0.6 is 0 Å². The highest BCUT2D eigenvalue weighted by atomic mass is 32.2. The molecule has 3 rings (SSSR count). The van der Waals surface area contributed by atoms with Gasteiger partial charge in [-0.3, -0.25) is 0 Å². The van der Waals surface area contributed by atoms with Crippen LogP contribution in [-0.4, -0.2) is 39.0 Å². The van der Waals surface area contributed by atoms with E-state index in [0.717, 1.165) is 0 Å². The van der Waals surface area contributed by atoms with Gasteiger partial charge in [0, 0.05) is 19.2 Å². The van der Waals surface area contributed by atoms with Crippen LogP contribution < -0.4 is 13.8 Å². The number of hydrogen-bond donors (Lipinski definition) is 0. The Kier molecular flexibility index (Phi) is 3.69. The van der Waals surface area contributed by atoms with Gasteiger partial charge in [-0.25, -0.2) is 17.4 Å². The fourth-order valence-electron chi connectivity index (χ4n) is 2.61. The zero-order valence-electron chi connectivity index (χ0n) is 12.4. The molecular weight excluding hydrogens is 306 g/mol. The van der Waals surface area contributed by atoms with Crippen LogP contribution in [0, 0.1) is 0 Å². The summed E-state index contributed by atoms with van der Waals surface area (Å²) in [6.45, 7) is 1.10. The van der Waals surface area contributed by atoms with E-state index >= 15 is 0 Å². The molecule has 0 unspecified atom stereocenters. The number of sulfonamides is 1. The van der Waals surface area contributed by atoms with E-state index in [1.165, 1.54) is 18.5 Å². The van der Waals surface area contributed by atoms with Gasteiger partial charge in [0.25, 0.3) is 10.0 Å². The van der Waals surface area contributed by atoms with E-state index in [-0.39, 0.29) is 16.4 Å². The van der Waals surface area contributed by atoms with Crippen molar-refractivity contribution >= 4 is 15.8 Å². The number of methoxy groups -OCH3 is 2. The van der Waals surface area contributed by atoms with Gasteiger partial charge in [0.1, 0.15) is 17.3 Å². The highest BCUT2D eigenvalue weighted by Crippen LogP contribution is 2.37. The van der Waals surface area contributed by atoms with Crippen molar-refractivity contribution in [2.45, 2.75) is 17.9 Å². The lowest BCUT2D eigenvalue weighted by Gasteiger charge is -2.29. The maximum Gasteiger partial charge on any atom is 0.272 e. The van der Waals surface area contributed by atoms with Gasteiger partial charge < -0.3 is 9.47 Å². The summed E-state index contributed by atoms with van der Waals surface area (Å²) >= 11 is 0. The zero-order valence-corrected chi connectivity index (χ0v) is 13.2. The maximum absolute atomic E-state index is 13.1. The lowest BCUT2D eigenvalue weighted by atomic mass is 10.3. The van der Waals surface area contributed by atoms with Gasteiger partial charge in [0.05, 0.1) is 20.4 Å². The van der Waals surface area contributed by atoms with Crippen LogP contribution in [0.4, 0.5) is 5.82 Å². The molecule has 0 saturated heterocycles. The normalized spacial score (nSPS) is 14.5. The third-order valence-corrected chi connectivity index (χ3v) is 5.48. The Bertz CT molecular complexity index is 763. The smallest absolute Gasteiger partial charge is 0.272 e. The van der Waals surface area contributed by atoms with Crippen LogP contribution in [0.25, 0.3) is 0 Å². The second-order valence-corrected chi connectivity index (χ2v) is 6.63. The number of rotatable bonds is 4. The maximum atomic E-state index is 13.1. The van der Waals surface area contributed by atoms with E-state index in [4.69, 9.17) is 9.47 Å². The predicted molar refractivity (Wildman–Crippen MR) is 80.9 cm³/mol. The Hall–Kier alpha value is -2.22. The van der Waals surface area contributed by atoms with Gasteiger partial charge in [-0.05, 0) is 18.6 Å². The molecule has 0 aliphatic carbocycles. The molecule has 7 nitrogen and oxygen atoms in total. The minimum absolute atomic E-state index is 0.0367. The SMILES string of the molecule is COc1cccc(OC)c1S(=O)(=O)N1CCCn2nccc21. The van der Waals surface area contributed by atoms with Crippen molar-refractivity contribution in [1.82, 2.24) is 9.78 Å². The highest BCUT2D eigenvalue weighted by molar-refractivity contribution is 7.93. The topological polar surface area (TPSA) is 73.7 Å². The first-order valence-electron chi connectivity index (χ1n) is 6.85. The summed E-state index contributed by atoms with van der Waals surface area (Å²) in [5, 5.41) is 4.15. The van der Waals surface area contributed by atoms with Gasteiger partial charge >= 0.3 is 0 Å². The van der Waals surface area contributed by atoms with Crippen molar-refractivity contribution in [2.24, 2.45) is 0 Å². The molecular formula is C14H17N3O4S. The molecule has 22 heavy (non-hydrogen) atoms. The lowest BCUT2D eigenvalue weighted by Crippen LogP contribution is -2.37. The molecule has 0 saturated carbocycles. The van der Waals surface area contributed by atoms with Gasteiger partial charge in [-0.2, -0.15) is 5.10 Å². The van der Waals surface area contributed by atoms with Crippen LogP contribution in [0.3, 0.4) is 0 Å². The molecule has 1 aromatic carbocycles. The number of benzene rings is 1. The zero-order chi connectivity index (χ0) is 15.7. The molecule has 0 radical (unpaired) electrons. The average molecular weight is 323 g/mol. The van der Waals surface area contributed by atoms with E-state index < -0.39 is 10.0 Å². The Balaban J connectivity index is 2.17. The lowest BCUT2D eigenvalue weighted by molar-refractivity contribution is 0.373. The second-order valence-electron chi connectivity index (χ2n) is 4.83. The Labute approximate surface area is 129 Å². The van der Waals surface area contributed by atoms with Crippen molar-refractivity contribution in [3.05, 3.63) is 30.5 Å². The molecule has 2 aromatic rings. The summed E-state index contributed by atoms with van der Waals surface area (Å²) in [5.74, 6) is 1.08. The summed E-state index contributed by atoms with van der Waals surface area (Å²) < 4.78 is 39.8. The van der Waals surface area contributed by atoms with Gasteiger partial charge in [0.15, 0.2) is 4.90 Å². The number of nitrogens with zero attached hydrogens (tertiary/aromatic N) is 3. The molecule has 1 aliphatic heterocycles. The van der Waals surface area contributed by atoms with Crippen LogP contribution in [0.5, 0.6) is 11.5 Å². The minimum Gasteiger partial charge on any atom is -0.495 e. The third-order valence-electron chi connectivity index (χ3n) is 3.61. The van der Waals surface area contributed by atoms with Gasteiger partial charge in [-0.1, -0.05) is 6.07 Å². The Morgan fingerprint density at radius 3 is 2.41 bits per heavy atom. The van der Waals surface area contributed by atoms with Crippen molar-refractivity contribution in [3.8, 4) is 11.5 Å². The number of aryl methyl sites for hydroxylation is 1. The summed E-state index contributed by atoms with van der Waals surface area (Å²) in [6.07, 6.45) is 2.30. The first-order valence-corrected chi connectivity index (χ1v) is 8.29. The van der Waals surface area contributed by atoms with Crippen molar-refractivity contribution in [1.29, 1.82) is 0 Å².